The Morgan fingerprint density at radius 2 is 1.89 bits per heavy atom. The van der Waals surface area contributed by atoms with Crippen LogP contribution in [0.4, 0.5) is 5.69 Å². The predicted molar refractivity (Wildman–Crippen MR) is 105 cm³/mol. The Morgan fingerprint density at radius 1 is 1.15 bits per heavy atom. The van der Waals surface area contributed by atoms with Gasteiger partial charge >= 0.3 is 0 Å². The second-order valence-corrected chi connectivity index (χ2v) is 7.05. The maximum atomic E-state index is 12.3. The highest BCUT2D eigenvalue weighted by Crippen LogP contribution is 2.39. The molecule has 0 aliphatic rings. The van der Waals surface area contributed by atoms with E-state index in [0.717, 1.165) is 22.9 Å². The van der Waals surface area contributed by atoms with Gasteiger partial charge in [-0.3, -0.25) is 4.79 Å². The van der Waals surface area contributed by atoms with E-state index < -0.39 is 5.91 Å². The number of azo groups is 1. The van der Waals surface area contributed by atoms with Crippen LogP contribution in [-0.2, 0) is 6.54 Å². The Balaban J connectivity index is 2.03. The zero-order valence-electron chi connectivity index (χ0n) is 15.7. The SMILES string of the molecule is Cc1ccc2c(c1)c(N=NC(=O)c1ccccc1O)c(O)n2CCC(C)C. The van der Waals surface area contributed by atoms with Crippen molar-refractivity contribution in [1.29, 1.82) is 0 Å². The van der Waals surface area contributed by atoms with Gasteiger partial charge in [0.1, 0.15) is 5.75 Å². The van der Waals surface area contributed by atoms with Gasteiger partial charge in [0.25, 0.3) is 5.91 Å². The molecular formula is C21H23N3O3. The molecule has 2 N–H and O–H groups in total. The maximum absolute atomic E-state index is 12.3. The van der Waals surface area contributed by atoms with Crippen LogP contribution in [0.3, 0.4) is 0 Å². The van der Waals surface area contributed by atoms with Gasteiger partial charge in [-0.15, -0.1) is 10.2 Å². The van der Waals surface area contributed by atoms with Crippen LogP contribution in [0.1, 0.15) is 36.2 Å². The Kier molecular flexibility index (Phi) is 5.26. The van der Waals surface area contributed by atoms with Crippen molar-refractivity contribution >= 4 is 22.5 Å². The fourth-order valence-electron chi connectivity index (χ4n) is 2.95. The molecule has 0 saturated heterocycles. The summed E-state index contributed by atoms with van der Waals surface area (Å²) in [6.45, 7) is 6.85. The minimum atomic E-state index is -0.664. The summed E-state index contributed by atoms with van der Waals surface area (Å²) in [5, 5.41) is 29.0. The molecule has 0 bridgehead atoms. The van der Waals surface area contributed by atoms with Crippen molar-refractivity contribution in [3.05, 3.63) is 53.6 Å². The zero-order valence-corrected chi connectivity index (χ0v) is 15.7. The van der Waals surface area contributed by atoms with Gasteiger partial charge in [-0.05, 0) is 43.5 Å². The monoisotopic (exact) mass is 365 g/mol. The molecule has 0 unspecified atom stereocenters. The smallest absolute Gasteiger partial charge is 0.299 e. The van der Waals surface area contributed by atoms with E-state index in [1.165, 1.54) is 12.1 Å². The minimum Gasteiger partial charge on any atom is -0.507 e. The lowest BCUT2D eigenvalue weighted by molar-refractivity contribution is 0.0992. The van der Waals surface area contributed by atoms with Crippen molar-refractivity contribution in [2.75, 3.05) is 0 Å². The third kappa shape index (κ3) is 3.84. The van der Waals surface area contributed by atoms with Crippen LogP contribution < -0.4 is 0 Å². The van der Waals surface area contributed by atoms with Gasteiger partial charge in [0.2, 0.25) is 5.88 Å². The van der Waals surface area contributed by atoms with Gasteiger partial charge in [0, 0.05) is 11.9 Å². The number of carbonyl (C=O) groups is 1. The second kappa shape index (κ2) is 7.61. The van der Waals surface area contributed by atoms with Crippen LogP contribution in [0, 0.1) is 12.8 Å². The van der Waals surface area contributed by atoms with Gasteiger partial charge in [-0.2, -0.15) is 0 Å². The fraction of sp³-hybridized carbons (Fsp3) is 0.286. The summed E-state index contributed by atoms with van der Waals surface area (Å²) in [5.41, 5.74) is 2.20. The Labute approximate surface area is 157 Å². The van der Waals surface area contributed by atoms with Gasteiger partial charge in [0.05, 0.1) is 11.1 Å². The number of aromatic hydroxyl groups is 2. The summed E-state index contributed by atoms with van der Waals surface area (Å²) in [5.74, 6) is -0.339. The van der Waals surface area contributed by atoms with Gasteiger partial charge < -0.3 is 14.8 Å². The second-order valence-electron chi connectivity index (χ2n) is 7.05. The number of phenolic OH excluding ortho intramolecular Hbond substituents is 1. The number of carbonyl (C=O) groups excluding carboxylic acids is 1. The molecule has 0 fully saturated rings. The Hall–Kier alpha value is -3.15. The van der Waals surface area contributed by atoms with Crippen molar-refractivity contribution < 1.29 is 15.0 Å². The van der Waals surface area contributed by atoms with Crippen molar-refractivity contribution in [2.45, 2.75) is 33.7 Å². The lowest BCUT2D eigenvalue weighted by atomic mass is 10.1. The summed E-state index contributed by atoms with van der Waals surface area (Å²) in [6.07, 6.45) is 0.901. The molecule has 2 aromatic carbocycles. The predicted octanol–water partition coefficient (Wildman–Crippen LogP) is 5.33. The molecule has 0 radical (unpaired) electrons. The molecule has 140 valence electrons. The molecule has 3 rings (SSSR count). The van der Waals surface area contributed by atoms with Crippen molar-refractivity contribution in [2.24, 2.45) is 16.1 Å². The van der Waals surface area contributed by atoms with Crippen LogP contribution >= 0.6 is 0 Å². The minimum absolute atomic E-state index is 0.00918. The lowest BCUT2D eigenvalue weighted by Gasteiger charge is -2.09. The van der Waals surface area contributed by atoms with Crippen LogP contribution in [0.15, 0.2) is 52.7 Å². The van der Waals surface area contributed by atoms with E-state index in [9.17, 15) is 15.0 Å². The third-order valence-corrected chi connectivity index (χ3v) is 4.47. The number of hydrogen-bond donors (Lipinski definition) is 2. The highest BCUT2D eigenvalue weighted by molar-refractivity contribution is 5.99. The number of amides is 1. The quantitative estimate of drug-likeness (QED) is 0.599. The van der Waals surface area contributed by atoms with Gasteiger partial charge in [-0.1, -0.05) is 37.6 Å². The molecule has 1 heterocycles. The maximum Gasteiger partial charge on any atom is 0.299 e. The van der Waals surface area contributed by atoms with E-state index in [1.54, 1.807) is 16.7 Å². The normalized spacial score (nSPS) is 11.7. The molecule has 1 aromatic heterocycles. The van der Waals surface area contributed by atoms with E-state index >= 15 is 0 Å². The molecule has 3 aromatic rings. The molecule has 0 spiro atoms. The lowest BCUT2D eigenvalue weighted by Crippen LogP contribution is -2.00. The molecule has 0 atom stereocenters. The summed E-state index contributed by atoms with van der Waals surface area (Å²) >= 11 is 0. The number of benzene rings is 2. The molecule has 0 aliphatic carbocycles. The van der Waals surface area contributed by atoms with Crippen LogP contribution in [0.25, 0.3) is 10.9 Å². The molecule has 6 heteroatoms. The van der Waals surface area contributed by atoms with Crippen molar-refractivity contribution in [1.82, 2.24) is 4.57 Å². The molecule has 27 heavy (non-hydrogen) atoms. The number of fused-ring (bicyclic) bond motifs is 1. The molecule has 0 aliphatic heterocycles. The largest absolute Gasteiger partial charge is 0.507 e. The molecule has 1 amide bonds. The number of phenols is 1. The van der Waals surface area contributed by atoms with Gasteiger partial charge in [0.15, 0.2) is 5.69 Å². The Bertz CT molecular complexity index is 1020. The third-order valence-electron chi connectivity index (χ3n) is 4.47. The van der Waals surface area contributed by atoms with E-state index in [0.29, 0.717) is 12.5 Å². The first kappa shape index (κ1) is 18.6. The first-order valence-electron chi connectivity index (χ1n) is 8.94. The van der Waals surface area contributed by atoms with Crippen LogP contribution in [-0.4, -0.2) is 20.7 Å². The fourth-order valence-corrected chi connectivity index (χ4v) is 2.95. The number of aromatic nitrogens is 1. The topological polar surface area (TPSA) is 87.2 Å². The molecule has 0 saturated carbocycles. The van der Waals surface area contributed by atoms with E-state index in [2.05, 4.69) is 24.1 Å². The number of para-hydroxylation sites is 1. The summed E-state index contributed by atoms with van der Waals surface area (Å²) < 4.78 is 1.80. The summed E-state index contributed by atoms with van der Waals surface area (Å²) in [4.78, 5) is 12.3. The van der Waals surface area contributed by atoms with E-state index in [-0.39, 0.29) is 22.9 Å². The average Bonchev–Trinajstić information content (AvgIpc) is 2.88. The first-order valence-corrected chi connectivity index (χ1v) is 8.94. The number of nitrogens with zero attached hydrogens (tertiary/aromatic N) is 3. The highest BCUT2D eigenvalue weighted by atomic mass is 16.3. The van der Waals surface area contributed by atoms with Crippen LogP contribution in [0.5, 0.6) is 11.6 Å². The van der Waals surface area contributed by atoms with Crippen molar-refractivity contribution in [3.63, 3.8) is 0 Å². The standard InChI is InChI=1S/C21H23N3O3/c1-13(2)10-11-24-17-9-8-14(3)12-16(17)19(21(24)27)22-23-20(26)15-6-4-5-7-18(15)25/h4-9,12-13,25,27H,10-11H2,1-3H3. The number of rotatable bonds is 5. The van der Waals surface area contributed by atoms with E-state index in [4.69, 9.17) is 0 Å². The Morgan fingerprint density at radius 3 is 2.59 bits per heavy atom. The van der Waals surface area contributed by atoms with Crippen LogP contribution in [0.2, 0.25) is 0 Å². The van der Waals surface area contributed by atoms with Crippen molar-refractivity contribution in [3.8, 4) is 11.6 Å². The first-order chi connectivity index (χ1) is 12.9. The van der Waals surface area contributed by atoms with E-state index in [1.807, 2.05) is 25.1 Å². The molecule has 6 nitrogen and oxygen atoms in total. The highest BCUT2D eigenvalue weighted by Gasteiger charge is 2.18. The number of aryl methyl sites for hydroxylation is 2. The summed E-state index contributed by atoms with van der Waals surface area (Å²) in [6, 6.07) is 12.0. The molecular weight excluding hydrogens is 342 g/mol. The zero-order chi connectivity index (χ0) is 19.6. The number of hydrogen-bond acceptors (Lipinski definition) is 4. The van der Waals surface area contributed by atoms with Gasteiger partial charge in [-0.25, -0.2) is 0 Å². The average molecular weight is 365 g/mol. The summed E-state index contributed by atoms with van der Waals surface area (Å²) in [7, 11) is 0.